The molecule has 0 aliphatic heterocycles. The van der Waals surface area contributed by atoms with Crippen molar-refractivity contribution in [3.8, 4) is 0 Å². The van der Waals surface area contributed by atoms with E-state index in [0.29, 0.717) is 6.04 Å². The minimum atomic E-state index is 0.601. The van der Waals surface area contributed by atoms with Crippen LogP contribution in [0.2, 0.25) is 0 Å². The summed E-state index contributed by atoms with van der Waals surface area (Å²) in [7, 11) is 0. The maximum atomic E-state index is 4.69. The van der Waals surface area contributed by atoms with E-state index in [1.807, 2.05) is 0 Å². The second kappa shape index (κ2) is 5.02. The van der Waals surface area contributed by atoms with Crippen LogP contribution in [0.5, 0.6) is 0 Å². The molecule has 1 fully saturated rings. The molecule has 1 aliphatic rings. The van der Waals surface area contributed by atoms with Crippen LogP contribution in [0.4, 0.5) is 0 Å². The SMILES string of the molecule is CC(C)NCC1CCC1Cc1cn2ccsc2n1. The fourth-order valence-electron chi connectivity index (χ4n) is 2.71. The molecule has 0 saturated heterocycles. The first-order chi connectivity index (χ1) is 8.72. The average Bonchev–Trinajstić information content (AvgIpc) is 2.84. The molecule has 2 unspecified atom stereocenters. The van der Waals surface area contributed by atoms with Crippen LogP contribution >= 0.6 is 11.3 Å². The highest BCUT2D eigenvalue weighted by atomic mass is 32.1. The van der Waals surface area contributed by atoms with Crippen LogP contribution in [-0.4, -0.2) is 22.0 Å². The fraction of sp³-hybridized carbons (Fsp3) is 0.643. The lowest BCUT2D eigenvalue weighted by molar-refractivity contribution is 0.167. The van der Waals surface area contributed by atoms with Crippen molar-refractivity contribution >= 4 is 16.3 Å². The van der Waals surface area contributed by atoms with Gasteiger partial charge in [-0.2, -0.15) is 0 Å². The molecule has 98 valence electrons. The standard InChI is InChI=1S/C14H21N3S/c1-10(2)15-8-12-4-3-11(12)7-13-9-17-5-6-18-14(17)16-13/h5-6,9-12,15H,3-4,7-8H2,1-2H3. The Labute approximate surface area is 112 Å². The molecule has 2 aromatic heterocycles. The van der Waals surface area contributed by atoms with Crippen LogP contribution in [0.25, 0.3) is 4.96 Å². The lowest BCUT2D eigenvalue weighted by atomic mass is 9.71. The number of thiazole rings is 1. The molecule has 3 nitrogen and oxygen atoms in total. The number of aromatic nitrogens is 2. The van der Waals surface area contributed by atoms with Gasteiger partial charge in [-0.15, -0.1) is 11.3 Å². The van der Waals surface area contributed by atoms with Gasteiger partial charge in [0.25, 0.3) is 0 Å². The van der Waals surface area contributed by atoms with Crippen LogP contribution in [0.15, 0.2) is 17.8 Å². The fourth-order valence-corrected chi connectivity index (χ4v) is 3.42. The van der Waals surface area contributed by atoms with Gasteiger partial charge in [-0.3, -0.25) is 4.40 Å². The molecule has 1 aliphatic carbocycles. The van der Waals surface area contributed by atoms with Crippen LogP contribution in [-0.2, 0) is 6.42 Å². The first kappa shape index (κ1) is 12.2. The lowest BCUT2D eigenvalue weighted by Crippen LogP contribution is -2.38. The molecule has 3 rings (SSSR count). The second-order valence-electron chi connectivity index (χ2n) is 5.69. The van der Waals surface area contributed by atoms with Gasteiger partial charge in [-0.25, -0.2) is 4.98 Å². The summed E-state index contributed by atoms with van der Waals surface area (Å²) < 4.78 is 2.14. The minimum Gasteiger partial charge on any atom is -0.314 e. The van der Waals surface area contributed by atoms with E-state index in [0.717, 1.165) is 23.2 Å². The van der Waals surface area contributed by atoms with Gasteiger partial charge in [0, 0.05) is 23.8 Å². The topological polar surface area (TPSA) is 29.3 Å². The molecule has 0 bridgehead atoms. The molecule has 2 atom stereocenters. The van der Waals surface area contributed by atoms with E-state index >= 15 is 0 Å². The second-order valence-corrected chi connectivity index (χ2v) is 6.56. The third-order valence-corrected chi connectivity index (χ3v) is 4.75. The van der Waals surface area contributed by atoms with E-state index in [9.17, 15) is 0 Å². The Morgan fingerprint density at radius 2 is 2.28 bits per heavy atom. The van der Waals surface area contributed by atoms with Crippen LogP contribution in [0, 0.1) is 11.8 Å². The van der Waals surface area contributed by atoms with Crippen molar-refractivity contribution in [2.24, 2.45) is 11.8 Å². The smallest absolute Gasteiger partial charge is 0.193 e. The predicted octanol–water partition coefficient (Wildman–Crippen LogP) is 2.96. The Hall–Kier alpha value is -0.870. The Kier molecular flexibility index (Phi) is 3.39. The van der Waals surface area contributed by atoms with Crippen molar-refractivity contribution in [2.75, 3.05) is 6.54 Å². The molecule has 18 heavy (non-hydrogen) atoms. The maximum Gasteiger partial charge on any atom is 0.193 e. The van der Waals surface area contributed by atoms with Gasteiger partial charge in [0.1, 0.15) is 0 Å². The predicted molar refractivity (Wildman–Crippen MR) is 76.1 cm³/mol. The molecular formula is C14H21N3S. The number of hydrogen-bond donors (Lipinski definition) is 1. The Balaban J connectivity index is 1.58. The molecule has 0 amide bonds. The molecule has 0 aromatic carbocycles. The zero-order valence-electron chi connectivity index (χ0n) is 11.1. The summed E-state index contributed by atoms with van der Waals surface area (Å²) in [6.45, 7) is 5.61. The van der Waals surface area contributed by atoms with Crippen molar-refractivity contribution in [1.29, 1.82) is 0 Å². The van der Waals surface area contributed by atoms with Gasteiger partial charge in [0.2, 0.25) is 0 Å². The van der Waals surface area contributed by atoms with Crippen molar-refractivity contribution in [3.63, 3.8) is 0 Å². The first-order valence-corrected chi connectivity index (χ1v) is 7.75. The molecule has 1 N–H and O–H groups in total. The number of hydrogen-bond acceptors (Lipinski definition) is 3. The normalized spacial score (nSPS) is 23.7. The van der Waals surface area contributed by atoms with Gasteiger partial charge in [-0.05, 0) is 37.6 Å². The van der Waals surface area contributed by atoms with Gasteiger partial charge < -0.3 is 5.32 Å². The van der Waals surface area contributed by atoms with E-state index < -0.39 is 0 Å². The zero-order chi connectivity index (χ0) is 12.5. The molecule has 1 saturated carbocycles. The monoisotopic (exact) mass is 263 g/mol. The number of imidazole rings is 1. The van der Waals surface area contributed by atoms with E-state index in [1.165, 1.54) is 25.1 Å². The summed E-state index contributed by atoms with van der Waals surface area (Å²) >= 11 is 1.72. The summed E-state index contributed by atoms with van der Waals surface area (Å²) in [6.07, 6.45) is 8.19. The third kappa shape index (κ3) is 2.45. The van der Waals surface area contributed by atoms with Crippen LogP contribution in [0.3, 0.4) is 0 Å². The number of rotatable bonds is 5. The summed E-state index contributed by atoms with van der Waals surface area (Å²) in [5.41, 5.74) is 1.26. The van der Waals surface area contributed by atoms with E-state index in [2.05, 4.69) is 46.3 Å². The van der Waals surface area contributed by atoms with E-state index in [1.54, 1.807) is 11.3 Å². The zero-order valence-corrected chi connectivity index (χ0v) is 11.9. The van der Waals surface area contributed by atoms with Crippen LogP contribution < -0.4 is 5.32 Å². The highest BCUT2D eigenvalue weighted by Gasteiger charge is 2.31. The Bertz CT molecular complexity index is 485. The van der Waals surface area contributed by atoms with Crippen molar-refractivity contribution < 1.29 is 0 Å². The summed E-state index contributed by atoms with van der Waals surface area (Å²) in [4.78, 5) is 5.81. The maximum absolute atomic E-state index is 4.69. The average molecular weight is 263 g/mol. The quantitative estimate of drug-likeness (QED) is 0.898. The van der Waals surface area contributed by atoms with Crippen molar-refractivity contribution in [2.45, 2.75) is 39.2 Å². The summed E-state index contributed by atoms with van der Waals surface area (Å²) in [5, 5.41) is 5.65. The molecule has 0 radical (unpaired) electrons. The highest BCUT2D eigenvalue weighted by molar-refractivity contribution is 7.15. The lowest BCUT2D eigenvalue weighted by Gasteiger charge is -2.37. The van der Waals surface area contributed by atoms with Gasteiger partial charge in [-0.1, -0.05) is 13.8 Å². The van der Waals surface area contributed by atoms with Gasteiger partial charge in [0.15, 0.2) is 4.96 Å². The van der Waals surface area contributed by atoms with Crippen LogP contribution in [0.1, 0.15) is 32.4 Å². The highest BCUT2D eigenvalue weighted by Crippen LogP contribution is 2.36. The number of fused-ring (bicyclic) bond motifs is 1. The molecule has 2 heterocycles. The summed E-state index contributed by atoms with van der Waals surface area (Å²) in [5.74, 6) is 1.69. The largest absolute Gasteiger partial charge is 0.314 e. The van der Waals surface area contributed by atoms with Crippen molar-refractivity contribution in [1.82, 2.24) is 14.7 Å². The molecular weight excluding hydrogens is 242 g/mol. The van der Waals surface area contributed by atoms with E-state index in [-0.39, 0.29) is 0 Å². The Morgan fingerprint density at radius 3 is 2.94 bits per heavy atom. The summed E-state index contributed by atoms with van der Waals surface area (Å²) in [6, 6.07) is 0.601. The third-order valence-electron chi connectivity index (χ3n) is 3.98. The van der Waals surface area contributed by atoms with Gasteiger partial charge >= 0.3 is 0 Å². The molecule has 0 spiro atoms. The van der Waals surface area contributed by atoms with Gasteiger partial charge in [0.05, 0.1) is 5.69 Å². The molecule has 4 heteroatoms. The number of nitrogens with one attached hydrogen (secondary N) is 1. The minimum absolute atomic E-state index is 0.601. The van der Waals surface area contributed by atoms with E-state index in [4.69, 9.17) is 0 Å². The number of nitrogens with zero attached hydrogens (tertiary/aromatic N) is 2. The van der Waals surface area contributed by atoms with Crippen molar-refractivity contribution in [3.05, 3.63) is 23.5 Å². The Morgan fingerprint density at radius 1 is 1.44 bits per heavy atom. The molecule has 2 aromatic rings. The first-order valence-electron chi connectivity index (χ1n) is 6.87.